The lowest BCUT2D eigenvalue weighted by Gasteiger charge is -2.15. The fourth-order valence-corrected chi connectivity index (χ4v) is 2.89. The van der Waals surface area contributed by atoms with Crippen LogP contribution in [0.1, 0.15) is 36.7 Å². The largest absolute Gasteiger partial charge is 0.453 e. The molecule has 1 aromatic rings. The molecule has 1 saturated heterocycles. The summed E-state index contributed by atoms with van der Waals surface area (Å²) in [5.41, 5.74) is 3.61. The van der Waals surface area contributed by atoms with Gasteiger partial charge in [0.05, 0.1) is 12.8 Å². The van der Waals surface area contributed by atoms with Gasteiger partial charge in [-0.2, -0.15) is 5.10 Å². The minimum atomic E-state index is -0.234. The summed E-state index contributed by atoms with van der Waals surface area (Å²) in [4.78, 5) is 13.2. The average molecular weight is 294 g/mol. The molecule has 1 unspecified atom stereocenters. The van der Waals surface area contributed by atoms with Crippen molar-refractivity contribution in [2.75, 3.05) is 20.2 Å². The second-order valence-electron chi connectivity index (χ2n) is 5.66. The van der Waals surface area contributed by atoms with Crippen LogP contribution in [-0.2, 0) is 17.8 Å². The Balaban J connectivity index is 1.91. The van der Waals surface area contributed by atoms with E-state index in [-0.39, 0.29) is 6.09 Å². The van der Waals surface area contributed by atoms with E-state index in [1.165, 1.54) is 18.4 Å². The number of aromatic nitrogens is 2. The summed E-state index contributed by atoms with van der Waals surface area (Å²) in [5.74, 6) is 0. The van der Waals surface area contributed by atoms with Gasteiger partial charge in [0.15, 0.2) is 0 Å². The predicted octanol–water partition coefficient (Wildman–Crippen LogP) is 1.84. The van der Waals surface area contributed by atoms with Gasteiger partial charge >= 0.3 is 6.09 Å². The second kappa shape index (κ2) is 6.93. The molecule has 21 heavy (non-hydrogen) atoms. The molecule has 0 radical (unpaired) electrons. The number of aryl methyl sites for hydroxylation is 2. The Bertz CT molecular complexity index is 498. The first kappa shape index (κ1) is 15.8. The van der Waals surface area contributed by atoms with Gasteiger partial charge in [0, 0.05) is 43.5 Å². The summed E-state index contributed by atoms with van der Waals surface area (Å²) in [6.45, 7) is 9.60. The Morgan fingerprint density at radius 3 is 2.90 bits per heavy atom. The van der Waals surface area contributed by atoms with Crippen molar-refractivity contribution in [1.29, 1.82) is 0 Å². The van der Waals surface area contributed by atoms with Gasteiger partial charge in [-0.1, -0.05) is 6.92 Å². The number of likely N-dealkylation sites (tertiary alicyclic amines) is 1. The lowest BCUT2D eigenvalue weighted by atomic mass is 10.1. The number of carbonyl (C=O) groups excluding carboxylic acids is 1. The second-order valence-corrected chi connectivity index (χ2v) is 5.66. The molecule has 118 valence electrons. The standard InChI is InChI=1S/C15H26N4O2/c1-5-7-19-12(3)14(11(2)17-19)9-16-13-6-8-18(10-13)15(20)21-4/h13,16H,5-10H2,1-4H3. The summed E-state index contributed by atoms with van der Waals surface area (Å²) < 4.78 is 6.84. The van der Waals surface area contributed by atoms with Crippen LogP contribution in [0.3, 0.4) is 0 Å². The number of methoxy groups -OCH3 is 1. The van der Waals surface area contributed by atoms with Crippen molar-refractivity contribution >= 4 is 6.09 Å². The molecule has 0 aromatic carbocycles. The zero-order valence-corrected chi connectivity index (χ0v) is 13.5. The summed E-state index contributed by atoms with van der Waals surface area (Å²) in [5, 5.41) is 8.13. The first-order valence-electron chi connectivity index (χ1n) is 7.66. The maximum Gasteiger partial charge on any atom is 0.409 e. The van der Waals surface area contributed by atoms with Crippen molar-refractivity contribution in [3.05, 3.63) is 17.0 Å². The van der Waals surface area contributed by atoms with Crippen LogP contribution < -0.4 is 5.32 Å². The van der Waals surface area contributed by atoms with E-state index in [1.54, 1.807) is 4.90 Å². The number of carbonyl (C=O) groups is 1. The molecule has 2 heterocycles. The van der Waals surface area contributed by atoms with E-state index in [9.17, 15) is 4.79 Å². The van der Waals surface area contributed by atoms with Crippen molar-refractivity contribution < 1.29 is 9.53 Å². The molecule has 0 saturated carbocycles. The Labute approximate surface area is 126 Å². The number of rotatable bonds is 5. The SMILES string of the molecule is CCCn1nc(C)c(CNC2CCN(C(=O)OC)C2)c1C. The van der Waals surface area contributed by atoms with Gasteiger partial charge in [-0.05, 0) is 26.7 Å². The van der Waals surface area contributed by atoms with E-state index in [0.29, 0.717) is 12.6 Å². The van der Waals surface area contributed by atoms with Gasteiger partial charge in [-0.15, -0.1) is 0 Å². The molecule has 1 aliphatic heterocycles. The molecule has 1 atom stereocenters. The zero-order valence-electron chi connectivity index (χ0n) is 13.5. The third kappa shape index (κ3) is 3.56. The Morgan fingerprint density at radius 2 is 2.24 bits per heavy atom. The van der Waals surface area contributed by atoms with Gasteiger partial charge < -0.3 is 15.0 Å². The van der Waals surface area contributed by atoms with E-state index in [4.69, 9.17) is 4.74 Å². The molecule has 0 spiro atoms. The van der Waals surface area contributed by atoms with Crippen molar-refractivity contribution in [1.82, 2.24) is 20.0 Å². The quantitative estimate of drug-likeness (QED) is 0.900. The van der Waals surface area contributed by atoms with Crippen LogP contribution in [0, 0.1) is 13.8 Å². The normalized spacial score (nSPS) is 18.3. The molecule has 2 rings (SSSR count). The molecular formula is C15H26N4O2. The van der Waals surface area contributed by atoms with E-state index in [0.717, 1.165) is 38.2 Å². The van der Waals surface area contributed by atoms with Gasteiger partial charge in [-0.3, -0.25) is 4.68 Å². The monoisotopic (exact) mass is 294 g/mol. The summed E-state index contributed by atoms with van der Waals surface area (Å²) in [6, 6.07) is 0.331. The topological polar surface area (TPSA) is 59.4 Å². The van der Waals surface area contributed by atoms with Crippen LogP contribution in [0.15, 0.2) is 0 Å². The molecule has 6 heteroatoms. The van der Waals surface area contributed by atoms with Crippen molar-refractivity contribution in [2.24, 2.45) is 0 Å². The summed E-state index contributed by atoms with van der Waals surface area (Å²) in [7, 11) is 1.43. The fourth-order valence-electron chi connectivity index (χ4n) is 2.89. The molecule has 1 aromatic heterocycles. The minimum absolute atomic E-state index is 0.234. The summed E-state index contributed by atoms with van der Waals surface area (Å²) in [6.07, 6.45) is 1.82. The molecule has 0 bridgehead atoms. The first-order valence-corrected chi connectivity index (χ1v) is 7.66. The van der Waals surface area contributed by atoms with Crippen LogP contribution in [0.5, 0.6) is 0 Å². The van der Waals surface area contributed by atoms with E-state index >= 15 is 0 Å². The number of amides is 1. The first-order chi connectivity index (χ1) is 10.1. The lowest BCUT2D eigenvalue weighted by molar-refractivity contribution is 0.132. The summed E-state index contributed by atoms with van der Waals surface area (Å²) >= 11 is 0. The van der Waals surface area contributed by atoms with Gasteiger partial charge in [0.25, 0.3) is 0 Å². The number of ether oxygens (including phenoxy) is 1. The third-order valence-corrected chi connectivity index (χ3v) is 4.16. The van der Waals surface area contributed by atoms with E-state index in [1.807, 2.05) is 0 Å². The predicted molar refractivity (Wildman–Crippen MR) is 81.2 cm³/mol. The van der Waals surface area contributed by atoms with Crippen LogP contribution in [0.25, 0.3) is 0 Å². The van der Waals surface area contributed by atoms with Crippen LogP contribution in [-0.4, -0.2) is 47.0 Å². The number of nitrogens with zero attached hydrogens (tertiary/aromatic N) is 3. The lowest BCUT2D eigenvalue weighted by Crippen LogP contribution is -2.35. The van der Waals surface area contributed by atoms with Crippen molar-refractivity contribution in [3.8, 4) is 0 Å². The molecular weight excluding hydrogens is 268 g/mol. The highest BCUT2D eigenvalue weighted by atomic mass is 16.5. The smallest absolute Gasteiger partial charge is 0.409 e. The van der Waals surface area contributed by atoms with Gasteiger partial charge in [0.1, 0.15) is 0 Å². The highest BCUT2D eigenvalue weighted by molar-refractivity contribution is 5.67. The van der Waals surface area contributed by atoms with E-state index < -0.39 is 0 Å². The highest BCUT2D eigenvalue weighted by Crippen LogP contribution is 2.15. The zero-order chi connectivity index (χ0) is 15.4. The Hall–Kier alpha value is -1.56. The average Bonchev–Trinajstić information content (AvgIpc) is 3.03. The van der Waals surface area contributed by atoms with Crippen LogP contribution in [0.2, 0.25) is 0 Å². The molecule has 6 nitrogen and oxygen atoms in total. The van der Waals surface area contributed by atoms with Crippen LogP contribution in [0.4, 0.5) is 4.79 Å². The molecule has 1 fully saturated rings. The Morgan fingerprint density at radius 1 is 1.48 bits per heavy atom. The fraction of sp³-hybridized carbons (Fsp3) is 0.733. The van der Waals surface area contributed by atoms with Gasteiger partial charge in [-0.25, -0.2) is 4.79 Å². The van der Waals surface area contributed by atoms with E-state index in [2.05, 4.69) is 35.9 Å². The van der Waals surface area contributed by atoms with Crippen molar-refractivity contribution in [2.45, 2.75) is 52.7 Å². The third-order valence-electron chi connectivity index (χ3n) is 4.16. The maximum absolute atomic E-state index is 11.5. The minimum Gasteiger partial charge on any atom is -0.453 e. The van der Waals surface area contributed by atoms with Crippen LogP contribution >= 0.6 is 0 Å². The highest BCUT2D eigenvalue weighted by Gasteiger charge is 2.26. The van der Waals surface area contributed by atoms with Gasteiger partial charge in [0.2, 0.25) is 0 Å². The van der Waals surface area contributed by atoms with Crippen molar-refractivity contribution in [3.63, 3.8) is 0 Å². The number of hydrogen-bond donors (Lipinski definition) is 1. The number of nitrogens with one attached hydrogen (secondary N) is 1. The number of hydrogen-bond acceptors (Lipinski definition) is 4. The Kier molecular flexibility index (Phi) is 5.22. The molecule has 1 N–H and O–H groups in total. The molecule has 0 aliphatic carbocycles. The molecule has 1 aliphatic rings. The maximum atomic E-state index is 11.5. The molecule has 1 amide bonds.